The van der Waals surface area contributed by atoms with Crippen LogP contribution in [-0.2, 0) is 4.74 Å². The van der Waals surface area contributed by atoms with Gasteiger partial charge in [-0.15, -0.1) is 0 Å². The molecule has 2 heterocycles. The van der Waals surface area contributed by atoms with E-state index in [0.717, 1.165) is 55.9 Å². The van der Waals surface area contributed by atoms with Crippen LogP contribution in [0, 0.1) is 0 Å². The van der Waals surface area contributed by atoms with E-state index in [2.05, 4.69) is 5.32 Å². The third kappa shape index (κ3) is 3.59. The SMILES string of the molecule is COc1ccc([C@@H]2CCCN2C(=O)NC[C@@H]2CCCO2)c(OC)c1. The number of benzene rings is 1. The van der Waals surface area contributed by atoms with E-state index in [0.29, 0.717) is 6.54 Å². The van der Waals surface area contributed by atoms with Crippen LogP contribution in [0.2, 0.25) is 0 Å². The molecule has 6 heteroatoms. The second-order valence-electron chi connectivity index (χ2n) is 6.28. The maximum absolute atomic E-state index is 12.6. The van der Waals surface area contributed by atoms with Gasteiger partial charge in [-0.1, -0.05) is 0 Å². The van der Waals surface area contributed by atoms with Gasteiger partial charge in [0, 0.05) is 31.3 Å². The second-order valence-corrected chi connectivity index (χ2v) is 6.28. The number of carbonyl (C=O) groups excluding carboxylic acids is 1. The van der Waals surface area contributed by atoms with E-state index < -0.39 is 0 Å². The summed E-state index contributed by atoms with van der Waals surface area (Å²) in [5.74, 6) is 1.51. The first-order valence-corrected chi connectivity index (χ1v) is 8.61. The molecule has 6 nitrogen and oxygen atoms in total. The van der Waals surface area contributed by atoms with Crippen LogP contribution in [0.3, 0.4) is 0 Å². The molecule has 2 amide bonds. The standard InChI is InChI=1S/C18H26N2O4/c1-22-13-7-8-15(17(11-13)23-2)16-6-3-9-20(16)18(21)19-12-14-5-4-10-24-14/h7-8,11,14,16H,3-6,9-10,12H2,1-2H3,(H,19,21)/t14-,16-/m0/s1. The molecular formula is C18H26N2O4. The molecule has 2 saturated heterocycles. The van der Waals surface area contributed by atoms with Crippen LogP contribution in [0.15, 0.2) is 18.2 Å². The Labute approximate surface area is 143 Å². The molecule has 0 aromatic heterocycles. The van der Waals surface area contributed by atoms with Crippen LogP contribution in [-0.4, -0.2) is 51.0 Å². The summed E-state index contributed by atoms with van der Waals surface area (Å²) in [4.78, 5) is 14.5. The van der Waals surface area contributed by atoms with Crippen molar-refractivity contribution >= 4 is 6.03 Å². The highest BCUT2D eigenvalue weighted by Gasteiger charge is 2.32. The fourth-order valence-electron chi connectivity index (χ4n) is 3.53. The lowest BCUT2D eigenvalue weighted by molar-refractivity contribution is 0.108. The summed E-state index contributed by atoms with van der Waals surface area (Å²) in [5, 5.41) is 3.02. The molecule has 2 fully saturated rings. The fourth-order valence-corrected chi connectivity index (χ4v) is 3.53. The lowest BCUT2D eigenvalue weighted by Crippen LogP contribution is -2.42. The van der Waals surface area contributed by atoms with Gasteiger partial charge in [0.1, 0.15) is 11.5 Å². The first kappa shape index (κ1) is 16.9. The Morgan fingerprint density at radius 2 is 2.17 bits per heavy atom. The van der Waals surface area contributed by atoms with Gasteiger partial charge >= 0.3 is 6.03 Å². The van der Waals surface area contributed by atoms with Crippen LogP contribution in [0.1, 0.15) is 37.3 Å². The highest BCUT2D eigenvalue weighted by molar-refractivity contribution is 5.75. The second kappa shape index (κ2) is 7.75. The van der Waals surface area contributed by atoms with E-state index in [1.165, 1.54) is 0 Å². The Hall–Kier alpha value is -1.95. The molecule has 0 saturated carbocycles. The zero-order valence-corrected chi connectivity index (χ0v) is 14.4. The average Bonchev–Trinajstić information content (AvgIpc) is 3.30. The summed E-state index contributed by atoms with van der Waals surface area (Å²) in [6, 6.07) is 5.80. The highest BCUT2D eigenvalue weighted by atomic mass is 16.5. The molecule has 2 atom stereocenters. The quantitative estimate of drug-likeness (QED) is 0.899. The minimum absolute atomic E-state index is 0.0223. The first-order chi connectivity index (χ1) is 11.7. The van der Waals surface area contributed by atoms with Crippen molar-refractivity contribution in [3.8, 4) is 11.5 Å². The van der Waals surface area contributed by atoms with Crippen molar-refractivity contribution in [3.05, 3.63) is 23.8 Å². The monoisotopic (exact) mass is 334 g/mol. The zero-order chi connectivity index (χ0) is 16.9. The topological polar surface area (TPSA) is 60.0 Å². The molecule has 0 unspecified atom stereocenters. The minimum atomic E-state index is -0.0223. The van der Waals surface area contributed by atoms with E-state index in [1.807, 2.05) is 23.1 Å². The third-order valence-corrected chi connectivity index (χ3v) is 4.82. The normalized spacial score (nSPS) is 23.3. The number of urea groups is 1. The zero-order valence-electron chi connectivity index (χ0n) is 14.4. The number of hydrogen-bond acceptors (Lipinski definition) is 4. The molecule has 132 valence electrons. The Kier molecular flexibility index (Phi) is 5.45. The van der Waals surface area contributed by atoms with Crippen LogP contribution >= 0.6 is 0 Å². The van der Waals surface area contributed by atoms with Crippen LogP contribution < -0.4 is 14.8 Å². The summed E-state index contributed by atoms with van der Waals surface area (Å²) in [7, 11) is 3.28. The van der Waals surface area contributed by atoms with Crippen LogP contribution in [0.4, 0.5) is 4.79 Å². The smallest absolute Gasteiger partial charge is 0.318 e. The van der Waals surface area contributed by atoms with Crippen LogP contribution in [0.25, 0.3) is 0 Å². The Bertz CT molecular complexity index is 572. The van der Waals surface area contributed by atoms with Gasteiger partial charge in [-0.05, 0) is 37.8 Å². The number of ether oxygens (including phenoxy) is 3. The van der Waals surface area contributed by atoms with Gasteiger partial charge in [0.2, 0.25) is 0 Å². The molecule has 2 aliphatic heterocycles. The first-order valence-electron chi connectivity index (χ1n) is 8.61. The molecule has 0 spiro atoms. The lowest BCUT2D eigenvalue weighted by Gasteiger charge is -2.27. The van der Waals surface area contributed by atoms with Gasteiger partial charge < -0.3 is 24.4 Å². The van der Waals surface area contributed by atoms with E-state index in [4.69, 9.17) is 14.2 Å². The predicted molar refractivity (Wildman–Crippen MR) is 90.6 cm³/mol. The minimum Gasteiger partial charge on any atom is -0.497 e. The third-order valence-electron chi connectivity index (χ3n) is 4.82. The molecule has 1 aromatic carbocycles. The van der Waals surface area contributed by atoms with Gasteiger partial charge in [0.25, 0.3) is 0 Å². The largest absolute Gasteiger partial charge is 0.497 e. The number of amides is 2. The summed E-state index contributed by atoms with van der Waals surface area (Å²) >= 11 is 0. The number of nitrogens with one attached hydrogen (secondary N) is 1. The van der Waals surface area contributed by atoms with Crippen molar-refractivity contribution in [2.24, 2.45) is 0 Å². The Balaban J connectivity index is 1.69. The van der Waals surface area contributed by atoms with Crippen molar-refractivity contribution in [3.63, 3.8) is 0 Å². The maximum atomic E-state index is 12.6. The number of likely N-dealkylation sites (tertiary alicyclic amines) is 1. The van der Waals surface area contributed by atoms with Crippen molar-refractivity contribution in [1.82, 2.24) is 10.2 Å². The van der Waals surface area contributed by atoms with Gasteiger partial charge in [-0.3, -0.25) is 0 Å². The average molecular weight is 334 g/mol. The molecule has 24 heavy (non-hydrogen) atoms. The Morgan fingerprint density at radius 3 is 2.88 bits per heavy atom. The highest BCUT2D eigenvalue weighted by Crippen LogP contribution is 2.38. The summed E-state index contributed by atoms with van der Waals surface area (Å²) in [6.45, 7) is 2.15. The molecule has 1 N–H and O–H groups in total. The molecule has 0 aliphatic carbocycles. The van der Waals surface area contributed by atoms with E-state index in [-0.39, 0.29) is 18.2 Å². The van der Waals surface area contributed by atoms with Gasteiger partial charge in [-0.2, -0.15) is 0 Å². The summed E-state index contributed by atoms with van der Waals surface area (Å²) in [5.41, 5.74) is 1.03. The van der Waals surface area contributed by atoms with E-state index >= 15 is 0 Å². The summed E-state index contributed by atoms with van der Waals surface area (Å²) < 4.78 is 16.3. The number of methoxy groups -OCH3 is 2. The maximum Gasteiger partial charge on any atom is 0.318 e. The Morgan fingerprint density at radius 1 is 1.29 bits per heavy atom. The van der Waals surface area contributed by atoms with E-state index in [9.17, 15) is 4.79 Å². The predicted octanol–water partition coefficient (Wildman–Crippen LogP) is 2.73. The van der Waals surface area contributed by atoms with Gasteiger partial charge in [0.15, 0.2) is 0 Å². The number of carbonyl (C=O) groups is 1. The number of rotatable bonds is 5. The van der Waals surface area contributed by atoms with Gasteiger partial charge in [-0.25, -0.2) is 4.79 Å². The molecule has 3 rings (SSSR count). The van der Waals surface area contributed by atoms with Crippen LogP contribution in [0.5, 0.6) is 11.5 Å². The van der Waals surface area contributed by atoms with Crippen molar-refractivity contribution < 1.29 is 19.0 Å². The van der Waals surface area contributed by atoms with Crippen molar-refractivity contribution in [1.29, 1.82) is 0 Å². The van der Waals surface area contributed by atoms with E-state index in [1.54, 1.807) is 14.2 Å². The molecule has 0 radical (unpaired) electrons. The van der Waals surface area contributed by atoms with Crippen molar-refractivity contribution in [2.75, 3.05) is 33.9 Å². The number of hydrogen-bond donors (Lipinski definition) is 1. The molecule has 0 bridgehead atoms. The fraction of sp³-hybridized carbons (Fsp3) is 0.611. The molecular weight excluding hydrogens is 308 g/mol. The number of nitrogens with zero attached hydrogens (tertiary/aromatic N) is 1. The molecule has 2 aliphatic rings. The van der Waals surface area contributed by atoms with Crippen molar-refractivity contribution in [2.45, 2.75) is 37.8 Å². The van der Waals surface area contributed by atoms with Gasteiger partial charge in [0.05, 0.1) is 26.4 Å². The molecule has 1 aromatic rings. The lowest BCUT2D eigenvalue weighted by atomic mass is 10.0. The summed E-state index contributed by atoms with van der Waals surface area (Å²) in [6.07, 6.45) is 4.19.